The van der Waals surface area contributed by atoms with E-state index in [2.05, 4.69) is 30.1 Å². The first-order valence-corrected chi connectivity index (χ1v) is 12.5. The fourth-order valence-corrected chi connectivity index (χ4v) is 3.81. The van der Waals surface area contributed by atoms with Crippen LogP contribution in [-0.4, -0.2) is 24.4 Å². The van der Waals surface area contributed by atoms with E-state index in [9.17, 15) is 9.59 Å². The number of rotatable bonds is 12. The van der Waals surface area contributed by atoms with Gasteiger partial charge in [-0.15, -0.1) is 0 Å². The Kier molecular flexibility index (Phi) is 10.7. The number of epoxide rings is 1. The molecule has 0 saturated carbocycles. The van der Waals surface area contributed by atoms with Crippen LogP contribution in [0.15, 0.2) is 54.6 Å². The van der Waals surface area contributed by atoms with E-state index in [1.807, 2.05) is 18.2 Å². The Bertz CT molecular complexity index is 976. The largest absolute Gasteiger partial charge is 0.417 e. The van der Waals surface area contributed by atoms with Crippen LogP contribution >= 0.6 is 0 Å². The van der Waals surface area contributed by atoms with Gasteiger partial charge in [0.05, 0.1) is 5.56 Å². The molecule has 1 heterocycles. The Morgan fingerprint density at radius 1 is 0.941 bits per heavy atom. The highest BCUT2D eigenvalue weighted by molar-refractivity contribution is 5.96. The van der Waals surface area contributed by atoms with Crippen molar-refractivity contribution in [3.05, 3.63) is 71.3 Å². The lowest BCUT2D eigenvalue weighted by molar-refractivity contribution is 0.0617. The molecule has 34 heavy (non-hydrogen) atoms. The summed E-state index contributed by atoms with van der Waals surface area (Å²) in [7, 11) is 0. The van der Waals surface area contributed by atoms with E-state index in [0.29, 0.717) is 12.0 Å². The molecule has 2 atom stereocenters. The number of alkyl carbamates (subject to hydrolysis) is 1. The Hall–Kier alpha value is -3.10. The van der Waals surface area contributed by atoms with Crippen molar-refractivity contribution in [3.63, 3.8) is 0 Å². The maximum Gasteiger partial charge on any atom is 0.417 e. The van der Waals surface area contributed by atoms with Crippen LogP contribution < -0.4 is 5.32 Å². The number of hydrogen-bond acceptors (Lipinski definition) is 4. The second-order valence-electron chi connectivity index (χ2n) is 8.71. The standard InChI is InChI=1S/C29H35NO4/c1-2-3-4-5-6-7-8-9-10-12-16-23-17-15-18-24(21-23)22-26-27(33-26)30-29(32)34-28(31)25-19-13-11-14-20-25/h11,13-15,17-21,26-27H,2-10,22H2,1H3,(H,30,32)/t26-,27+/m0/s1. The Balaban J connectivity index is 1.32. The van der Waals surface area contributed by atoms with Gasteiger partial charge in [0.15, 0.2) is 6.23 Å². The predicted molar refractivity (Wildman–Crippen MR) is 133 cm³/mol. The molecule has 2 aromatic carbocycles. The van der Waals surface area contributed by atoms with E-state index in [1.165, 1.54) is 44.9 Å². The lowest BCUT2D eigenvalue weighted by Gasteiger charge is -2.03. The summed E-state index contributed by atoms with van der Waals surface area (Å²) in [6.07, 6.45) is 10.7. The monoisotopic (exact) mass is 461 g/mol. The lowest BCUT2D eigenvalue weighted by Crippen LogP contribution is -2.30. The van der Waals surface area contributed by atoms with E-state index < -0.39 is 18.3 Å². The molecule has 1 aliphatic rings. The van der Waals surface area contributed by atoms with Gasteiger partial charge in [-0.1, -0.05) is 94.0 Å². The molecular formula is C29H35NO4. The van der Waals surface area contributed by atoms with Gasteiger partial charge in [0.1, 0.15) is 6.10 Å². The number of ether oxygens (including phenoxy) is 2. The molecule has 1 N–H and O–H groups in total. The molecule has 0 radical (unpaired) electrons. The zero-order valence-electron chi connectivity index (χ0n) is 20.1. The average molecular weight is 462 g/mol. The molecule has 0 aromatic heterocycles. The normalized spacial score (nSPS) is 16.3. The van der Waals surface area contributed by atoms with E-state index in [1.54, 1.807) is 30.3 Å². The molecule has 5 heteroatoms. The van der Waals surface area contributed by atoms with Gasteiger partial charge >= 0.3 is 12.1 Å². The second-order valence-corrected chi connectivity index (χ2v) is 8.71. The van der Waals surface area contributed by atoms with Crippen molar-refractivity contribution >= 4 is 12.1 Å². The van der Waals surface area contributed by atoms with Gasteiger partial charge in [-0.2, -0.15) is 0 Å². The molecule has 1 fully saturated rings. The summed E-state index contributed by atoms with van der Waals surface area (Å²) in [5.41, 5.74) is 2.42. The van der Waals surface area contributed by atoms with Crippen LogP contribution in [0.2, 0.25) is 0 Å². The van der Waals surface area contributed by atoms with Crippen molar-refractivity contribution in [3.8, 4) is 11.8 Å². The minimum Gasteiger partial charge on any atom is -0.372 e. The number of esters is 1. The molecule has 0 aliphatic carbocycles. The highest BCUT2D eigenvalue weighted by Crippen LogP contribution is 2.24. The Morgan fingerprint density at radius 3 is 2.44 bits per heavy atom. The maximum absolute atomic E-state index is 11.9. The fraction of sp³-hybridized carbons (Fsp3) is 0.448. The van der Waals surface area contributed by atoms with Crippen LogP contribution in [0.3, 0.4) is 0 Å². The molecular weight excluding hydrogens is 426 g/mol. The van der Waals surface area contributed by atoms with Gasteiger partial charge in [0, 0.05) is 18.4 Å². The summed E-state index contributed by atoms with van der Waals surface area (Å²) in [5, 5.41) is 2.58. The van der Waals surface area contributed by atoms with E-state index in [4.69, 9.17) is 9.47 Å². The average Bonchev–Trinajstić information content (AvgIpc) is 3.57. The molecule has 0 spiro atoms. The topological polar surface area (TPSA) is 67.9 Å². The van der Waals surface area contributed by atoms with Crippen molar-refractivity contribution in [2.24, 2.45) is 0 Å². The lowest BCUT2D eigenvalue weighted by atomic mass is 10.1. The highest BCUT2D eigenvalue weighted by Gasteiger charge is 2.40. The smallest absolute Gasteiger partial charge is 0.372 e. The second kappa shape index (κ2) is 14.2. The minimum absolute atomic E-state index is 0.139. The third kappa shape index (κ3) is 9.41. The highest BCUT2D eigenvalue weighted by atomic mass is 16.6. The van der Waals surface area contributed by atoms with Crippen LogP contribution in [0.1, 0.15) is 86.2 Å². The van der Waals surface area contributed by atoms with Crippen molar-refractivity contribution in [2.45, 2.75) is 83.5 Å². The SMILES string of the molecule is CCCCCCCCCCC#Cc1cccc(C[C@@H]2O[C@H]2NC(=O)OC(=O)c2ccccc2)c1. The number of nitrogens with one attached hydrogen (secondary N) is 1. The van der Waals surface area contributed by atoms with Crippen LogP contribution in [0.4, 0.5) is 4.79 Å². The zero-order valence-corrected chi connectivity index (χ0v) is 20.1. The molecule has 0 unspecified atom stereocenters. The maximum atomic E-state index is 11.9. The van der Waals surface area contributed by atoms with Crippen molar-refractivity contribution < 1.29 is 19.1 Å². The van der Waals surface area contributed by atoms with E-state index in [0.717, 1.165) is 24.0 Å². The predicted octanol–water partition coefficient (Wildman–Crippen LogP) is 6.40. The van der Waals surface area contributed by atoms with Gasteiger partial charge in [-0.3, -0.25) is 5.32 Å². The van der Waals surface area contributed by atoms with Crippen LogP contribution in [0.25, 0.3) is 0 Å². The number of hydrogen-bond donors (Lipinski definition) is 1. The third-order valence-corrected chi connectivity index (χ3v) is 5.79. The minimum atomic E-state index is -0.804. The Morgan fingerprint density at radius 2 is 1.68 bits per heavy atom. The zero-order chi connectivity index (χ0) is 24.0. The van der Waals surface area contributed by atoms with Gasteiger partial charge in [0.25, 0.3) is 0 Å². The first kappa shape index (κ1) is 25.5. The van der Waals surface area contributed by atoms with Gasteiger partial charge in [0.2, 0.25) is 0 Å². The molecule has 0 bridgehead atoms. The number of benzene rings is 2. The summed E-state index contributed by atoms with van der Waals surface area (Å²) in [6, 6.07) is 16.5. The molecule has 5 nitrogen and oxygen atoms in total. The third-order valence-electron chi connectivity index (χ3n) is 5.79. The van der Waals surface area contributed by atoms with Crippen LogP contribution in [0.5, 0.6) is 0 Å². The number of carbonyl (C=O) groups excluding carboxylic acids is 2. The van der Waals surface area contributed by atoms with Crippen LogP contribution in [-0.2, 0) is 15.9 Å². The first-order valence-electron chi connectivity index (χ1n) is 12.5. The van der Waals surface area contributed by atoms with Crippen molar-refractivity contribution in [1.82, 2.24) is 5.32 Å². The number of carbonyl (C=O) groups is 2. The Labute approximate surface area is 203 Å². The van der Waals surface area contributed by atoms with Crippen molar-refractivity contribution in [1.29, 1.82) is 0 Å². The molecule has 1 saturated heterocycles. The summed E-state index contributed by atoms with van der Waals surface area (Å²) in [6.45, 7) is 2.25. The number of unbranched alkanes of at least 4 members (excludes halogenated alkanes) is 8. The quantitative estimate of drug-likeness (QED) is 0.130. The molecule has 3 rings (SSSR count). The number of amides is 1. The van der Waals surface area contributed by atoms with Crippen LogP contribution in [0, 0.1) is 11.8 Å². The summed E-state index contributed by atoms with van der Waals surface area (Å²) >= 11 is 0. The van der Waals surface area contributed by atoms with Gasteiger partial charge < -0.3 is 9.47 Å². The van der Waals surface area contributed by atoms with E-state index >= 15 is 0 Å². The molecule has 180 valence electrons. The fourth-order valence-electron chi connectivity index (χ4n) is 3.81. The van der Waals surface area contributed by atoms with Gasteiger partial charge in [-0.25, -0.2) is 9.59 Å². The van der Waals surface area contributed by atoms with Gasteiger partial charge in [-0.05, 0) is 36.2 Å². The first-order chi connectivity index (χ1) is 16.7. The molecule has 2 aromatic rings. The van der Waals surface area contributed by atoms with Crippen molar-refractivity contribution in [2.75, 3.05) is 0 Å². The summed E-state index contributed by atoms with van der Waals surface area (Å²) < 4.78 is 10.3. The molecule has 1 amide bonds. The molecule has 1 aliphatic heterocycles. The summed E-state index contributed by atoms with van der Waals surface area (Å²) in [5.74, 6) is 5.86. The van der Waals surface area contributed by atoms with E-state index in [-0.39, 0.29) is 6.10 Å². The summed E-state index contributed by atoms with van der Waals surface area (Å²) in [4.78, 5) is 23.9.